The van der Waals surface area contributed by atoms with E-state index >= 15 is 0 Å². The van der Waals surface area contributed by atoms with Crippen LogP contribution in [0.15, 0.2) is 61.1 Å². The van der Waals surface area contributed by atoms with Gasteiger partial charge in [0.25, 0.3) is 0 Å². The Labute approximate surface area is 181 Å². The van der Waals surface area contributed by atoms with Gasteiger partial charge in [-0.25, -0.2) is 4.39 Å². The lowest BCUT2D eigenvalue weighted by molar-refractivity contribution is 0.515. The van der Waals surface area contributed by atoms with Crippen molar-refractivity contribution in [3.63, 3.8) is 0 Å². The summed E-state index contributed by atoms with van der Waals surface area (Å²) < 4.78 is 16.3. The molecule has 2 aromatic heterocycles. The van der Waals surface area contributed by atoms with Crippen LogP contribution in [-0.4, -0.2) is 14.7 Å². The van der Waals surface area contributed by atoms with Gasteiger partial charge in [0.1, 0.15) is 5.82 Å². The summed E-state index contributed by atoms with van der Waals surface area (Å²) in [7, 11) is 0. The third-order valence-electron chi connectivity index (χ3n) is 6.34. The number of anilines is 1. The van der Waals surface area contributed by atoms with Gasteiger partial charge >= 0.3 is 0 Å². The van der Waals surface area contributed by atoms with Crippen molar-refractivity contribution in [3.05, 3.63) is 83.7 Å². The van der Waals surface area contributed by atoms with Crippen molar-refractivity contribution in [2.45, 2.75) is 50.7 Å². The summed E-state index contributed by atoms with van der Waals surface area (Å²) in [5.74, 6) is -0.206. The Morgan fingerprint density at radius 1 is 1.13 bits per heavy atom. The molecule has 154 valence electrons. The van der Waals surface area contributed by atoms with Crippen LogP contribution in [0.2, 0.25) is 0 Å². The van der Waals surface area contributed by atoms with Gasteiger partial charge in [0.2, 0.25) is 0 Å². The fourth-order valence-corrected chi connectivity index (χ4v) is 5.13. The number of hydrogen-bond acceptors (Lipinski definition) is 2. The second-order valence-electron chi connectivity index (χ2n) is 8.26. The quantitative estimate of drug-likeness (QED) is 0.555. The Balaban J connectivity index is 1.58. The molecule has 5 rings (SSSR count). The molecule has 2 fully saturated rings. The number of nitrogens with one attached hydrogen (secondary N) is 1. The zero-order valence-corrected chi connectivity index (χ0v) is 17.8. The van der Waals surface area contributed by atoms with Crippen molar-refractivity contribution < 1.29 is 4.39 Å². The van der Waals surface area contributed by atoms with Gasteiger partial charge in [0, 0.05) is 30.3 Å². The number of thiocarbonyl (C=S) groups is 1. The van der Waals surface area contributed by atoms with Crippen LogP contribution < -0.4 is 10.2 Å². The topological polar surface area (TPSA) is 33.1 Å². The second-order valence-corrected chi connectivity index (χ2v) is 8.65. The van der Waals surface area contributed by atoms with E-state index in [0.29, 0.717) is 16.7 Å². The SMILES string of the molecule is Cc1cc(N2C(=S)N[C@@H](c3ccccn3)[C@@H]2c2ccn(C3CCCC3)c2)ccc1F. The van der Waals surface area contributed by atoms with E-state index in [-0.39, 0.29) is 17.9 Å². The van der Waals surface area contributed by atoms with Gasteiger partial charge in [-0.05, 0) is 79.5 Å². The molecule has 1 saturated heterocycles. The number of rotatable bonds is 4. The van der Waals surface area contributed by atoms with Crippen LogP contribution in [-0.2, 0) is 0 Å². The summed E-state index contributed by atoms with van der Waals surface area (Å²) in [4.78, 5) is 6.71. The van der Waals surface area contributed by atoms with Gasteiger partial charge in [0.05, 0.1) is 17.8 Å². The Hall–Kier alpha value is -2.73. The molecule has 0 bridgehead atoms. The average molecular weight is 421 g/mol. The van der Waals surface area contributed by atoms with Gasteiger partial charge in [-0.1, -0.05) is 18.9 Å². The summed E-state index contributed by atoms with van der Waals surface area (Å²) in [6, 6.07) is 13.8. The highest BCUT2D eigenvalue weighted by Gasteiger charge is 2.41. The minimum Gasteiger partial charge on any atom is -0.351 e. The third kappa shape index (κ3) is 3.39. The number of nitrogens with zero attached hydrogens (tertiary/aromatic N) is 3. The van der Waals surface area contributed by atoms with Crippen LogP contribution in [0.25, 0.3) is 0 Å². The Bertz CT molecular complexity index is 1060. The van der Waals surface area contributed by atoms with E-state index in [4.69, 9.17) is 12.2 Å². The van der Waals surface area contributed by atoms with Crippen LogP contribution in [0.3, 0.4) is 0 Å². The predicted octanol–water partition coefficient (Wildman–Crippen LogP) is 5.62. The first-order valence-electron chi connectivity index (χ1n) is 10.6. The first-order chi connectivity index (χ1) is 14.6. The average Bonchev–Trinajstić information content (AvgIpc) is 3.50. The van der Waals surface area contributed by atoms with Crippen molar-refractivity contribution >= 4 is 23.0 Å². The molecule has 3 heterocycles. The molecule has 6 heteroatoms. The van der Waals surface area contributed by atoms with E-state index in [1.54, 1.807) is 13.0 Å². The summed E-state index contributed by atoms with van der Waals surface area (Å²) in [6.45, 7) is 1.78. The van der Waals surface area contributed by atoms with Gasteiger partial charge in [0.15, 0.2) is 5.11 Å². The van der Waals surface area contributed by atoms with E-state index in [2.05, 4.69) is 38.2 Å². The lowest BCUT2D eigenvalue weighted by Crippen LogP contribution is -2.29. The molecule has 30 heavy (non-hydrogen) atoms. The summed E-state index contributed by atoms with van der Waals surface area (Å²) in [5, 5.41) is 4.11. The van der Waals surface area contributed by atoms with Crippen LogP contribution in [0.4, 0.5) is 10.1 Å². The molecule has 1 aliphatic carbocycles. The Kier molecular flexibility index (Phi) is 5.03. The molecule has 2 atom stereocenters. The highest BCUT2D eigenvalue weighted by atomic mass is 32.1. The largest absolute Gasteiger partial charge is 0.351 e. The van der Waals surface area contributed by atoms with Gasteiger partial charge in [-0.3, -0.25) is 4.98 Å². The van der Waals surface area contributed by atoms with Crippen molar-refractivity contribution in [2.24, 2.45) is 0 Å². The summed E-state index contributed by atoms with van der Waals surface area (Å²) in [6.07, 6.45) is 11.3. The maximum atomic E-state index is 13.9. The van der Waals surface area contributed by atoms with Crippen LogP contribution in [0, 0.1) is 12.7 Å². The van der Waals surface area contributed by atoms with E-state index < -0.39 is 0 Å². The molecule has 0 amide bonds. The molecule has 1 saturated carbocycles. The lowest BCUT2D eigenvalue weighted by Gasteiger charge is -2.27. The van der Waals surface area contributed by atoms with Crippen LogP contribution >= 0.6 is 12.2 Å². The molecule has 3 aromatic rings. The summed E-state index contributed by atoms with van der Waals surface area (Å²) in [5.41, 5.74) is 3.63. The number of aromatic nitrogens is 2. The minimum absolute atomic E-state index is 0.0556. The standard InChI is InChI=1S/C24H25FN4S/c1-16-14-19(9-10-20(16)25)29-23(17-11-13-28(15-17)18-6-2-3-7-18)22(27-24(29)30)21-8-4-5-12-26-21/h4-5,8-15,18,22-23H,2-3,6-7H2,1H3,(H,27,30)/t22-,23-/m0/s1. The number of hydrogen-bond donors (Lipinski definition) is 1. The van der Waals surface area contributed by atoms with E-state index in [9.17, 15) is 4.39 Å². The normalized spacial score (nSPS) is 21.9. The summed E-state index contributed by atoms with van der Waals surface area (Å²) >= 11 is 5.75. The highest BCUT2D eigenvalue weighted by Crippen LogP contribution is 2.42. The van der Waals surface area contributed by atoms with Gasteiger partial charge in [-0.2, -0.15) is 0 Å². The first-order valence-corrected chi connectivity index (χ1v) is 11.0. The van der Waals surface area contributed by atoms with Gasteiger partial charge in [-0.15, -0.1) is 0 Å². The van der Waals surface area contributed by atoms with E-state index in [1.165, 1.54) is 37.3 Å². The number of halogens is 1. The molecule has 1 aromatic carbocycles. The molecule has 1 N–H and O–H groups in total. The number of pyridine rings is 1. The molecule has 4 nitrogen and oxygen atoms in total. The Morgan fingerprint density at radius 2 is 1.97 bits per heavy atom. The van der Waals surface area contributed by atoms with Crippen LogP contribution in [0.1, 0.15) is 60.6 Å². The van der Waals surface area contributed by atoms with Gasteiger partial charge < -0.3 is 14.8 Å². The second kappa shape index (κ2) is 7.84. The van der Waals surface area contributed by atoms with Crippen LogP contribution in [0.5, 0.6) is 0 Å². The molecular weight excluding hydrogens is 395 g/mol. The monoisotopic (exact) mass is 420 g/mol. The molecule has 1 aliphatic heterocycles. The maximum Gasteiger partial charge on any atom is 0.174 e. The maximum absolute atomic E-state index is 13.9. The van der Waals surface area contributed by atoms with Crippen molar-refractivity contribution in [1.29, 1.82) is 0 Å². The fourth-order valence-electron chi connectivity index (χ4n) is 4.79. The molecule has 0 unspecified atom stereocenters. The molecule has 0 spiro atoms. The smallest absolute Gasteiger partial charge is 0.174 e. The van der Waals surface area contributed by atoms with Crippen molar-refractivity contribution in [1.82, 2.24) is 14.9 Å². The fraction of sp³-hybridized carbons (Fsp3) is 0.333. The van der Waals surface area contributed by atoms with Crippen molar-refractivity contribution in [3.8, 4) is 0 Å². The highest BCUT2D eigenvalue weighted by molar-refractivity contribution is 7.80. The predicted molar refractivity (Wildman–Crippen MR) is 121 cm³/mol. The van der Waals surface area contributed by atoms with E-state index in [0.717, 1.165) is 11.4 Å². The Morgan fingerprint density at radius 3 is 2.70 bits per heavy atom. The van der Waals surface area contributed by atoms with Crippen molar-refractivity contribution in [2.75, 3.05) is 4.90 Å². The molecule has 2 aliphatic rings. The zero-order chi connectivity index (χ0) is 20.7. The lowest BCUT2D eigenvalue weighted by atomic mass is 9.98. The zero-order valence-electron chi connectivity index (χ0n) is 17.0. The number of aryl methyl sites for hydroxylation is 1. The minimum atomic E-state index is -0.206. The van der Waals surface area contributed by atoms with E-state index in [1.807, 2.05) is 30.5 Å². The number of benzene rings is 1. The molecule has 0 radical (unpaired) electrons. The third-order valence-corrected chi connectivity index (χ3v) is 6.66. The molecular formula is C24H25FN4S. The first kappa shape index (κ1) is 19.2.